The first kappa shape index (κ1) is 13.0. The zero-order valence-corrected chi connectivity index (χ0v) is 10.4. The number of aromatic nitrogens is 2. The molecule has 0 spiro atoms. The standard InChI is InChI=1S/C11H9ClN4O3/c12-8-4-2-1-3-7(8)5-15-6-9(16(18)19)10(14-15)11(13)17/h1-4,6H,5H2,(H2,13,17). The van der Waals surface area contributed by atoms with Gasteiger partial charge in [0.2, 0.25) is 5.69 Å². The van der Waals surface area contributed by atoms with Crippen molar-refractivity contribution < 1.29 is 9.72 Å². The average molecular weight is 281 g/mol. The van der Waals surface area contributed by atoms with Crippen LogP contribution < -0.4 is 5.73 Å². The van der Waals surface area contributed by atoms with E-state index in [9.17, 15) is 14.9 Å². The van der Waals surface area contributed by atoms with Gasteiger partial charge in [0.1, 0.15) is 6.20 Å². The number of primary amides is 1. The molecular formula is C11H9ClN4O3. The van der Waals surface area contributed by atoms with Gasteiger partial charge in [-0.2, -0.15) is 5.10 Å². The number of hydrogen-bond acceptors (Lipinski definition) is 4. The second-order valence-corrected chi connectivity index (χ2v) is 4.18. The van der Waals surface area contributed by atoms with Crippen LogP contribution in [0.15, 0.2) is 30.5 Å². The summed E-state index contributed by atoms with van der Waals surface area (Å²) in [5.41, 5.74) is 5.00. The molecule has 0 saturated heterocycles. The van der Waals surface area contributed by atoms with Gasteiger partial charge < -0.3 is 5.73 Å². The lowest BCUT2D eigenvalue weighted by Crippen LogP contribution is -2.14. The molecule has 1 amide bonds. The Bertz CT molecular complexity index is 622. The Morgan fingerprint density at radius 2 is 2.16 bits per heavy atom. The number of halogens is 1. The average Bonchev–Trinajstić information content (AvgIpc) is 2.76. The van der Waals surface area contributed by atoms with Gasteiger partial charge >= 0.3 is 5.69 Å². The number of hydrogen-bond donors (Lipinski definition) is 1. The van der Waals surface area contributed by atoms with E-state index in [4.69, 9.17) is 17.3 Å². The normalized spacial score (nSPS) is 10.4. The number of benzene rings is 1. The molecule has 0 aliphatic carbocycles. The topological polar surface area (TPSA) is 104 Å². The fourth-order valence-corrected chi connectivity index (χ4v) is 1.80. The van der Waals surface area contributed by atoms with Crippen LogP contribution in [0.25, 0.3) is 0 Å². The maximum atomic E-state index is 11.1. The Morgan fingerprint density at radius 1 is 1.47 bits per heavy atom. The molecule has 19 heavy (non-hydrogen) atoms. The van der Waals surface area contributed by atoms with Crippen LogP contribution in [0.3, 0.4) is 0 Å². The highest BCUT2D eigenvalue weighted by Crippen LogP contribution is 2.20. The van der Waals surface area contributed by atoms with Crippen LogP contribution in [0.5, 0.6) is 0 Å². The molecular weight excluding hydrogens is 272 g/mol. The van der Waals surface area contributed by atoms with E-state index < -0.39 is 16.5 Å². The molecule has 7 nitrogen and oxygen atoms in total. The molecule has 0 atom stereocenters. The smallest absolute Gasteiger partial charge is 0.320 e. The third kappa shape index (κ3) is 2.71. The Labute approximate surface area is 112 Å². The maximum absolute atomic E-state index is 11.1. The molecule has 0 fully saturated rings. The van der Waals surface area contributed by atoms with E-state index in [0.717, 1.165) is 11.8 Å². The summed E-state index contributed by atoms with van der Waals surface area (Å²) in [6.45, 7) is 0.216. The van der Waals surface area contributed by atoms with Crippen LogP contribution in [0.1, 0.15) is 16.1 Å². The monoisotopic (exact) mass is 280 g/mol. The van der Waals surface area contributed by atoms with E-state index in [1.54, 1.807) is 24.3 Å². The van der Waals surface area contributed by atoms with E-state index in [-0.39, 0.29) is 12.2 Å². The van der Waals surface area contributed by atoms with Gasteiger partial charge in [-0.25, -0.2) is 0 Å². The van der Waals surface area contributed by atoms with Crippen LogP contribution in [-0.4, -0.2) is 20.6 Å². The minimum absolute atomic E-state index is 0.216. The second-order valence-electron chi connectivity index (χ2n) is 3.77. The van der Waals surface area contributed by atoms with Gasteiger partial charge in [0.05, 0.1) is 11.5 Å². The molecule has 0 bridgehead atoms. The molecule has 98 valence electrons. The number of amides is 1. The Kier molecular flexibility index (Phi) is 3.48. The Hall–Kier alpha value is -2.41. The molecule has 1 aromatic heterocycles. The SMILES string of the molecule is NC(=O)c1nn(Cc2ccccc2Cl)cc1[N+](=O)[O-]. The van der Waals surface area contributed by atoms with Crippen LogP contribution in [0.4, 0.5) is 5.69 Å². The van der Waals surface area contributed by atoms with Gasteiger partial charge in [0.25, 0.3) is 5.91 Å². The summed E-state index contributed by atoms with van der Waals surface area (Å²) in [6, 6.07) is 7.02. The van der Waals surface area contributed by atoms with Crippen molar-refractivity contribution in [3.8, 4) is 0 Å². The molecule has 2 rings (SSSR count). The van der Waals surface area contributed by atoms with E-state index in [1.165, 1.54) is 4.68 Å². The van der Waals surface area contributed by atoms with Crippen LogP contribution in [0, 0.1) is 10.1 Å². The van der Waals surface area contributed by atoms with Crippen molar-refractivity contribution in [3.05, 3.63) is 56.9 Å². The summed E-state index contributed by atoms with van der Waals surface area (Å²) in [5.74, 6) is -0.940. The van der Waals surface area contributed by atoms with Crippen molar-refractivity contribution in [2.24, 2.45) is 5.73 Å². The number of carbonyl (C=O) groups excluding carboxylic acids is 1. The molecule has 1 heterocycles. The predicted molar refractivity (Wildman–Crippen MR) is 68.0 cm³/mol. The molecule has 0 unspecified atom stereocenters. The lowest BCUT2D eigenvalue weighted by molar-refractivity contribution is -0.385. The number of nitrogens with zero attached hydrogens (tertiary/aromatic N) is 3. The largest absolute Gasteiger partial charge is 0.364 e. The Balaban J connectivity index is 2.37. The molecule has 2 aromatic rings. The summed E-state index contributed by atoms with van der Waals surface area (Å²) in [5, 5.41) is 15.1. The predicted octanol–water partition coefficient (Wildman–Crippen LogP) is 1.59. The van der Waals surface area contributed by atoms with E-state index in [2.05, 4.69) is 5.10 Å². The molecule has 2 N–H and O–H groups in total. The van der Waals surface area contributed by atoms with E-state index >= 15 is 0 Å². The highest BCUT2D eigenvalue weighted by atomic mass is 35.5. The number of carbonyl (C=O) groups is 1. The van der Waals surface area contributed by atoms with Crippen molar-refractivity contribution in [2.45, 2.75) is 6.54 Å². The van der Waals surface area contributed by atoms with Crippen molar-refractivity contribution in [1.29, 1.82) is 0 Å². The van der Waals surface area contributed by atoms with Crippen molar-refractivity contribution in [3.63, 3.8) is 0 Å². The van der Waals surface area contributed by atoms with Gasteiger partial charge in [-0.15, -0.1) is 0 Å². The van der Waals surface area contributed by atoms with Crippen LogP contribution in [-0.2, 0) is 6.54 Å². The van der Waals surface area contributed by atoms with Crippen molar-refractivity contribution >= 4 is 23.2 Å². The fourth-order valence-electron chi connectivity index (χ4n) is 1.60. The molecule has 0 aliphatic heterocycles. The lowest BCUT2D eigenvalue weighted by atomic mass is 10.2. The van der Waals surface area contributed by atoms with Gasteiger partial charge in [-0.1, -0.05) is 29.8 Å². The highest BCUT2D eigenvalue weighted by molar-refractivity contribution is 6.31. The van der Waals surface area contributed by atoms with Gasteiger partial charge in [0.15, 0.2) is 0 Å². The third-order valence-corrected chi connectivity index (χ3v) is 2.83. The fraction of sp³-hybridized carbons (Fsp3) is 0.0909. The lowest BCUT2D eigenvalue weighted by Gasteiger charge is -2.03. The number of nitrogens with two attached hydrogens (primary N) is 1. The molecule has 0 aliphatic rings. The number of nitro groups is 1. The highest BCUT2D eigenvalue weighted by Gasteiger charge is 2.23. The van der Waals surface area contributed by atoms with Gasteiger partial charge in [-0.05, 0) is 11.6 Å². The minimum Gasteiger partial charge on any atom is -0.364 e. The third-order valence-electron chi connectivity index (χ3n) is 2.46. The Morgan fingerprint density at radius 3 is 2.68 bits per heavy atom. The summed E-state index contributed by atoms with van der Waals surface area (Å²) < 4.78 is 1.26. The second kappa shape index (κ2) is 5.07. The molecule has 0 radical (unpaired) electrons. The molecule has 0 saturated carbocycles. The minimum atomic E-state index is -0.940. The summed E-state index contributed by atoms with van der Waals surface area (Å²) >= 11 is 5.98. The molecule has 1 aromatic carbocycles. The zero-order chi connectivity index (χ0) is 14.0. The van der Waals surface area contributed by atoms with E-state index in [0.29, 0.717) is 5.02 Å². The van der Waals surface area contributed by atoms with Gasteiger partial charge in [-0.3, -0.25) is 19.6 Å². The first-order valence-corrected chi connectivity index (χ1v) is 5.62. The van der Waals surface area contributed by atoms with Crippen LogP contribution >= 0.6 is 11.6 Å². The van der Waals surface area contributed by atoms with Crippen LogP contribution in [0.2, 0.25) is 5.02 Å². The summed E-state index contributed by atoms with van der Waals surface area (Å²) in [7, 11) is 0. The molecule has 8 heteroatoms. The first-order valence-electron chi connectivity index (χ1n) is 5.24. The number of rotatable bonds is 4. The van der Waals surface area contributed by atoms with Gasteiger partial charge in [0, 0.05) is 5.02 Å². The van der Waals surface area contributed by atoms with E-state index in [1.807, 2.05) is 0 Å². The van der Waals surface area contributed by atoms with Crippen molar-refractivity contribution in [2.75, 3.05) is 0 Å². The first-order chi connectivity index (χ1) is 8.99. The van der Waals surface area contributed by atoms with Crippen molar-refractivity contribution in [1.82, 2.24) is 9.78 Å². The zero-order valence-electron chi connectivity index (χ0n) is 9.62. The maximum Gasteiger partial charge on any atom is 0.320 e. The quantitative estimate of drug-likeness (QED) is 0.678. The summed E-state index contributed by atoms with van der Waals surface area (Å²) in [4.78, 5) is 21.2. The summed E-state index contributed by atoms with van der Waals surface area (Å²) in [6.07, 6.45) is 1.16.